The van der Waals surface area contributed by atoms with Crippen LogP contribution < -0.4 is 14.8 Å². The molecule has 0 aliphatic carbocycles. The van der Waals surface area contributed by atoms with Crippen LogP contribution in [0.3, 0.4) is 0 Å². The van der Waals surface area contributed by atoms with Gasteiger partial charge in [0.15, 0.2) is 11.5 Å². The first-order valence-corrected chi connectivity index (χ1v) is 7.67. The Morgan fingerprint density at radius 2 is 1.83 bits per heavy atom. The first-order chi connectivity index (χ1) is 11.6. The molecule has 2 unspecified atom stereocenters. The zero-order chi connectivity index (χ0) is 16.7. The van der Waals surface area contributed by atoms with Gasteiger partial charge in [-0.3, -0.25) is 9.59 Å². The molecule has 4 rings (SSSR count). The van der Waals surface area contributed by atoms with Gasteiger partial charge in [0.25, 0.3) is 5.91 Å². The minimum Gasteiger partial charge on any atom is -0.486 e. The number of amides is 1. The Morgan fingerprint density at radius 1 is 1.08 bits per heavy atom. The van der Waals surface area contributed by atoms with Gasteiger partial charge in [-0.25, -0.2) is 0 Å². The number of aliphatic carboxylic acids is 1. The van der Waals surface area contributed by atoms with E-state index in [0.717, 1.165) is 0 Å². The van der Waals surface area contributed by atoms with Crippen molar-refractivity contribution in [2.75, 3.05) is 13.2 Å². The number of hydrogen-bond donors (Lipinski definition) is 2. The van der Waals surface area contributed by atoms with E-state index in [4.69, 9.17) is 9.47 Å². The van der Waals surface area contributed by atoms with Crippen molar-refractivity contribution in [2.24, 2.45) is 0 Å². The number of fused-ring (bicyclic) bond motifs is 2. The van der Waals surface area contributed by atoms with Crippen molar-refractivity contribution in [1.29, 1.82) is 0 Å². The molecule has 24 heavy (non-hydrogen) atoms. The van der Waals surface area contributed by atoms with E-state index in [1.807, 2.05) is 0 Å². The van der Waals surface area contributed by atoms with Crippen molar-refractivity contribution < 1.29 is 24.2 Å². The first kappa shape index (κ1) is 14.6. The summed E-state index contributed by atoms with van der Waals surface area (Å²) in [5, 5.41) is 12.5. The number of nitrogens with one attached hydrogen (secondary N) is 1. The second kappa shape index (κ2) is 5.56. The predicted octanol–water partition coefficient (Wildman–Crippen LogP) is 2.11. The van der Waals surface area contributed by atoms with Gasteiger partial charge in [-0.1, -0.05) is 24.3 Å². The molecule has 2 N–H and O–H groups in total. The van der Waals surface area contributed by atoms with Gasteiger partial charge >= 0.3 is 5.97 Å². The van der Waals surface area contributed by atoms with Crippen LogP contribution in [0, 0.1) is 0 Å². The lowest BCUT2D eigenvalue weighted by Crippen LogP contribution is -2.41. The monoisotopic (exact) mass is 325 g/mol. The predicted molar refractivity (Wildman–Crippen MR) is 84.5 cm³/mol. The highest BCUT2D eigenvalue weighted by atomic mass is 16.6. The lowest BCUT2D eigenvalue weighted by Gasteiger charge is -2.32. The molecule has 0 radical (unpaired) electrons. The number of rotatable bonds is 2. The fraction of sp³-hybridized carbons (Fsp3) is 0.222. The number of ether oxygens (including phenoxy) is 2. The first-order valence-electron chi connectivity index (χ1n) is 7.67. The lowest BCUT2D eigenvalue weighted by atomic mass is 9.81. The van der Waals surface area contributed by atoms with Crippen molar-refractivity contribution in [3.05, 3.63) is 59.2 Å². The molecular formula is C18H15NO5. The Bertz CT molecular complexity index is 832. The molecule has 6 nitrogen and oxygen atoms in total. The molecule has 2 aliphatic rings. The minimum atomic E-state index is -0.984. The van der Waals surface area contributed by atoms with Gasteiger partial charge in [0.1, 0.15) is 19.1 Å². The smallest absolute Gasteiger partial charge is 0.313 e. The largest absolute Gasteiger partial charge is 0.486 e. The zero-order valence-electron chi connectivity index (χ0n) is 12.7. The Balaban J connectivity index is 1.80. The van der Waals surface area contributed by atoms with Gasteiger partial charge in [-0.05, 0) is 29.3 Å². The fourth-order valence-corrected chi connectivity index (χ4v) is 3.26. The van der Waals surface area contributed by atoms with Crippen molar-refractivity contribution in [1.82, 2.24) is 5.32 Å². The second-order valence-electron chi connectivity index (χ2n) is 5.76. The molecule has 2 aromatic carbocycles. The molecule has 0 saturated carbocycles. The molecule has 2 aliphatic heterocycles. The van der Waals surface area contributed by atoms with E-state index in [-0.39, 0.29) is 5.91 Å². The van der Waals surface area contributed by atoms with Crippen molar-refractivity contribution >= 4 is 11.9 Å². The van der Waals surface area contributed by atoms with Crippen molar-refractivity contribution in [2.45, 2.75) is 12.0 Å². The summed E-state index contributed by atoms with van der Waals surface area (Å²) in [5.41, 5.74) is 1.60. The Kier molecular flexibility index (Phi) is 3.37. The van der Waals surface area contributed by atoms with E-state index in [1.165, 1.54) is 0 Å². The van der Waals surface area contributed by atoms with Crippen LogP contribution in [-0.2, 0) is 4.79 Å². The molecule has 0 saturated heterocycles. The summed E-state index contributed by atoms with van der Waals surface area (Å²) in [4.78, 5) is 24.3. The summed E-state index contributed by atoms with van der Waals surface area (Å²) in [7, 11) is 0. The summed E-state index contributed by atoms with van der Waals surface area (Å²) in [6.45, 7) is 0.927. The number of carbonyl (C=O) groups excluding carboxylic acids is 1. The van der Waals surface area contributed by atoms with Crippen LogP contribution >= 0.6 is 0 Å². The summed E-state index contributed by atoms with van der Waals surface area (Å²) in [6.07, 6.45) is 0. The molecule has 122 valence electrons. The van der Waals surface area contributed by atoms with Crippen LogP contribution in [0.25, 0.3) is 0 Å². The fourth-order valence-electron chi connectivity index (χ4n) is 3.26. The maximum absolute atomic E-state index is 12.4. The van der Waals surface area contributed by atoms with Crippen LogP contribution in [0.1, 0.15) is 33.4 Å². The van der Waals surface area contributed by atoms with Gasteiger partial charge in [0.2, 0.25) is 0 Å². The summed E-state index contributed by atoms with van der Waals surface area (Å²) < 4.78 is 11.1. The van der Waals surface area contributed by atoms with E-state index in [0.29, 0.717) is 41.4 Å². The molecule has 1 amide bonds. The van der Waals surface area contributed by atoms with Crippen LogP contribution in [-0.4, -0.2) is 30.2 Å². The average molecular weight is 325 g/mol. The zero-order valence-corrected chi connectivity index (χ0v) is 12.7. The number of carboxylic acid groups (broad SMARTS) is 1. The highest BCUT2D eigenvalue weighted by Crippen LogP contribution is 2.40. The maximum atomic E-state index is 12.4. The van der Waals surface area contributed by atoms with Crippen LogP contribution in [0.5, 0.6) is 11.5 Å². The van der Waals surface area contributed by atoms with E-state index in [1.54, 1.807) is 42.5 Å². The second-order valence-corrected chi connectivity index (χ2v) is 5.76. The maximum Gasteiger partial charge on any atom is 0.313 e. The van der Waals surface area contributed by atoms with E-state index in [9.17, 15) is 14.7 Å². The highest BCUT2D eigenvalue weighted by Gasteiger charge is 2.39. The van der Waals surface area contributed by atoms with Gasteiger partial charge in [-0.2, -0.15) is 0 Å². The Morgan fingerprint density at radius 3 is 2.62 bits per heavy atom. The standard InChI is InChI=1S/C18H15NO5/c20-17-12-4-2-1-3-11(12)15(18(21)22)16(19-17)10-5-6-13-14(9-10)24-8-7-23-13/h1-6,9,15-16H,7-8H2,(H,19,20)(H,21,22). The van der Waals surface area contributed by atoms with Crippen LogP contribution in [0.4, 0.5) is 0 Å². The molecule has 2 heterocycles. The minimum absolute atomic E-state index is 0.275. The summed E-state index contributed by atoms with van der Waals surface area (Å²) >= 11 is 0. The third-order valence-electron chi connectivity index (χ3n) is 4.35. The number of benzene rings is 2. The number of carbonyl (C=O) groups is 2. The SMILES string of the molecule is O=C1NC(c2ccc3c(c2)OCCO3)C(C(=O)O)c2ccccc21. The number of hydrogen-bond acceptors (Lipinski definition) is 4. The van der Waals surface area contributed by atoms with Gasteiger partial charge in [0, 0.05) is 5.56 Å². The van der Waals surface area contributed by atoms with Crippen molar-refractivity contribution in [3.8, 4) is 11.5 Å². The third-order valence-corrected chi connectivity index (χ3v) is 4.35. The quantitative estimate of drug-likeness (QED) is 0.883. The molecule has 0 bridgehead atoms. The molecule has 0 aromatic heterocycles. The lowest BCUT2D eigenvalue weighted by molar-refractivity contribution is -0.139. The Labute approximate surface area is 138 Å². The summed E-state index contributed by atoms with van der Waals surface area (Å²) in [6, 6.07) is 11.4. The molecular weight excluding hydrogens is 310 g/mol. The van der Waals surface area contributed by atoms with Gasteiger partial charge in [0.05, 0.1) is 6.04 Å². The van der Waals surface area contributed by atoms with E-state index in [2.05, 4.69) is 5.32 Å². The summed E-state index contributed by atoms with van der Waals surface area (Å²) in [5.74, 6) is -0.929. The number of carboxylic acids is 1. The molecule has 6 heteroatoms. The van der Waals surface area contributed by atoms with Gasteiger partial charge < -0.3 is 19.9 Å². The van der Waals surface area contributed by atoms with E-state index >= 15 is 0 Å². The molecule has 0 spiro atoms. The molecule has 2 atom stereocenters. The normalized spacial score (nSPS) is 21.6. The van der Waals surface area contributed by atoms with Crippen LogP contribution in [0.2, 0.25) is 0 Å². The van der Waals surface area contributed by atoms with Crippen LogP contribution in [0.15, 0.2) is 42.5 Å². The molecule has 2 aromatic rings. The molecule has 0 fully saturated rings. The Hall–Kier alpha value is -3.02. The van der Waals surface area contributed by atoms with E-state index < -0.39 is 17.9 Å². The van der Waals surface area contributed by atoms with Gasteiger partial charge in [-0.15, -0.1) is 0 Å². The van der Waals surface area contributed by atoms with Crippen molar-refractivity contribution in [3.63, 3.8) is 0 Å². The third kappa shape index (κ3) is 2.27. The average Bonchev–Trinajstić information content (AvgIpc) is 2.61. The topological polar surface area (TPSA) is 84.9 Å². The highest BCUT2D eigenvalue weighted by molar-refractivity contribution is 6.00.